The standard InChI is InChI=1S/C21H25N5O4/c1-14(2)28-21(27)30-26-8-6-17(7-9-26)29-20-11-19(23-13-24-20)25-18-5-4-16(12-22)10-15(18)3/h4-5,10-11,13-14,17H,6-9H2,1-3H3,(H,23,24,25). The average Bonchev–Trinajstić information content (AvgIpc) is 2.70. The first-order valence-electron chi connectivity index (χ1n) is 9.83. The maximum absolute atomic E-state index is 11.6. The summed E-state index contributed by atoms with van der Waals surface area (Å²) in [5.74, 6) is 1.07. The normalized spacial score (nSPS) is 14.8. The Kier molecular flexibility index (Phi) is 7.03. The Balaban J connectivity index is 1.53. The van der Waals surface area contributed by atoms with Crippen molar-refractivity contribution in [3.63, 3.8) is 0 Å². The van der Waals surface area contributed by atoms with Crippen LogP contribution in [0, 0.1) is 18.3 Å². The van der Waals surface area contributed by atoms with E-state index in [1.165, 1.54) is 6.33 Å². The summed E-state index contributed by atoms with van der Waals surface area (Å²) >= 11 is 0. The number of carbonyl (C=O) groups is 1. The van der Waals surface area contributed by atoms with Gasteiger partial charge in [-0.25, -0.2) is 14.8 Å². The third-order valence-electron chi connectivity index (χ3n) is 4.48. The van der Waals surface area contributed by atoms with Gasteiger partial charge in [0.1, 0.15) is 18.2 Å². The third kappa shape index (κ3) is 6.06. The van der Waals surface area contributed by atoms with Crippen LogP contribution in [-0.4, -0.2) is 46.5 Å². The first-order chi connectivity index (χ1) is 14.4. The van der Waals surface area contributed by atoms with Crippen LogP contribution in [0.15, 0.2) is 30.6 Å². The lowest BCUT2D eigenvalue weighted by Gasteiger charge is -2.30. The van der Waals surface area contributed by atoms with Gasteiger partial charge in [-0.1, -0.05) is 0 Å². The summed E-state index contributed by atoms with van der Waals surface area (Å²) in [5.41, 5.74) is 2.41. The summed E-state index contributed by atoms with van der Waals surface area (Å²) in [5, 5.41) is 13.8. The van der Waals surface area contributed by atoms with Gasteiger partial charge in [0.25, 0.3) is 0 Å². The number of piperidine rings is 1. The van der Waals surface area contributed by atoms with Crippen molar-refractivity contribution in [2.24, 2.45) is 0 Å². The van der Waals surface area contributed by atoms with Crippen LogP contribution in [0.4, 0.5) is 16.3 Å². The Labute approximate surface area is 175 Å². The van der Waals surface area contributed by atoms with E-state index >= 15 is 0 Å². The molecule has 30 heavy (non-hydrogen) atoms. The minimum Gasteiger partial charge on any atom is -0.474 e. The fraction of sp³-hybridized carbons (Fsp3) is 0.429. The molecule has 3 rings (SSSR count). The Morgan fingerprint density at radius 2 is 2.03 bits per heavy atom. The van der Waals surface area contributed by atoms with Gasteiger partial charge in [-0.2, -0.15) is 5.26 Å². The summed E-state index contributed by atoms with van der Waals surface area (Å²) in [6.45, 7) is 6.58. The first-order valence-corrected chi connectivity index (χ1v) is 9.83. The predicted molar refractivity (Wildman–Crippen MR) is 109 cm³/mol. The van der Waals surface area contributed by atoms with Crippen LogP contribution < -0.4 is 10.1 Å². The fourth-order valence-corrected chi connectivity index (χ4v) is 3.02. The lowest BCUT2D eigenvalue weighted by molar-refractivity contribution is -0.151. The van der Waals surface area contributed by atoms with Crippen molar-refractivity contribution in [2.75, 3.05) is 18.4 Å². The highest BCUT2D eigenvalue weighted by Gasteiger charge is 2.24. The molecule has 0 aliphatic carbocycles. The molecule has 1 aliphatic heterocycles. The number of anilines is 2. The maximum Gasteiger partial charge on any atom is 0.528 e. The van der Waals surface area contributed by atoms with Crippen molar-refractivity contribution in [3.8, 4) is 11.9 Å². The topological polar surface area (TPSA) is 110 Å². The number of aromatic nitrogens is 2. The molecule has 1 fully saturated rings. The molecule has 1 aliphatic rings. The lowest BCUT2D eigenvalue weighted by atomic mass is 10.1. The number of rotatable bonds is 6. The van der Waals surface area contributed by atoms with Gasteiger partial charge in [-0.15, -0.1) is 5.06 Å². The predicted octanol–water partition coefficient (Wildman–Crippen LogP) is 3.72. The van der Waals surface area contributed by atoms with Crippen molar-refractivity contribution in [2.45, 2.75) is 45.8 Å². The quantitative estimate of drug-likeness (QED) is 0.711. The molecule has 9 heteroatoms. The summed E-state index contributed by atoms with van der Waals surface area (Å²) in [4.78, 5) is 25.2. The van der Waals surface area contributed by atoms with Crippen molar-refractivity contribution >= 4 is 17.7 Å². The van der Waals surface area contributed by atoms with Crippen LogP contribution >= 0.6 is 0 Å². The fourth-order valence-electron chi connectivity index (χ4n) is 3.02. The molecule has 9 nitrogen and oxygen atoms in total. The van der Waals surface area contributed by atoms with E-state index < -0.39 is 6.16 Å². The lowest BCUT2D eigenvalue weighted by Crippen LogP contribution is -2.40. The number of nitrogens with zero attached hydrogens (tertiary/aromatic N) is 4. The molecule has 0 atom stereocenters. The zero-order valence-corrected chi connectivity index (χ0v) is 17.3. The van der Waals surface area contributed by atoms with Crippen LogP contribution in [0.3, 0.4) is 0 Å². The second kappa shape index (κ2) is 9.89. The SMILES string of the molecule is Cc1cc(C#N)ccc1Nc1cc(OC2CCN(OC(=O)OC(C)C)CC2)ncn1. The van der Waals surface area contributed by atoms with E-state index in [4.69, 9.17) is 19.6 Å². The molecule has 1 aromatic heterocycles. The maximum atomic E-state index is 11.6. The van der Waals surface area contributed by atoms with Crippen LogP contribution in [0.2, 0.25) is 0 Å². The van der Waals surface area contributed by atoms with Crippen LogP contribution in [-0.2, 0) is 9.57 Å². The zero-order valence-electron chi connectivity index (χ0n) is 17.3. The minimum atomic E-state index is -0.686. The minimum absolute atomic E-state index is 0.0367. The van der Waals surface area contributed by atoms with E-state index in [2.05, 4.69) is 21.4 Å². The number of nitrogens with one attached hydrogen (secondary N) is 1. The third-order valence-corrected chi connectivity index (χ3v) is 4.48. The summed E-state index contributed by atoms with van der Waals surface area (Å²) in [6.07, 6.45) is 1.88. The largest absolute Gasteiger partial charge is 0.528 e. The number of carbonyl (C=O) groups excluding carboxylic acids is 1. The van der Waals surface area contributed by atoms with E-state index in [1.807, 2.05) is 19.1 Å². The number of hydrogen-bond acceptors (Lipinski definition) is 9. The van der Waals surface area contributed by atoms with Gasteiger partial charge >= 0.3 is 6.16 Å². The second-order valence-electron chi connectivity index (χ2n) is 7.26. The Hall–Kier alpha value is -3.38. The monoisotopic (exact) mass is 411 g/mol. The van der Waals surface area contributed by atoms with Gasteiger partial charge in [0.15, 0.2) is 0 Å². The molecule has 2 heterocycles. The highest BCUT2D eigenvalue weighted by Crippen LogP contribution is 2.23. The van der Waals surface area contributed by atoms with Gasteiger partial charge in [0, 0.05) is 37.7 Å². The molecule has 158 valence electrons. The average molecular weight is 411 g/mol. The molecule has 0 spiro atoms. The number of benzene rings is 1. The van der Waals surface area contributed by atoms with Crippen molar-refractivity contribution < 1.29 is 19.1 Å². The van der Waals surface area contributed by atoms with E-state index in [1.54, 1.807) is 31.0 Å². The number of ether oxygens (including phenoxy) is 2. The highest BCUT2D eigenvalue weighted by molar-refractivity contribution is 5.62. The molecule has 2 aromatic rings. The van der Waals surface area contributed by atoms with Gasteiger partial charge in [-0.3, -0.25) is 0 Å². The van der Waals surface area contributed by atoms with E-state index in [9.17, 15) is 4.79 Å². The highest BCUT2D eigenvalue weighted by atomic mass is 16.8. The zero-order chi connectivity index (χ0) is 21.5. The summed E-state index contributed by atoms with van der Waals surface area (Å²) in [7, 11) is 0. The molecular weight excluding hydrogens is 386 g/mol. The van der Waals surface area contributed by atoms with E-state index in [0.717, 1.165) is 11.3 Å². The molecule has 0 unspecified atom stereocenters. The van der Waals surface area contributed by atoms with Gasteiger partial charge in [0.05, 0.1) is 17.7 Å². The molecule has 0 bridgehead atoms. The number of nitriles is 1. The summed E-state index contributed by atoms with van der Waals surface area (Å²) < 4.78 is 11.0. The van der Waals surface area contributed by atoms with Crippen molar-refractivity contribution in [3.05, 3.63) is 41.7 Å². The molecular formula is C21H25N5O4. The first kappa shape index (κ1) is 21.3. The van der Waals surface area contributed by atoms with E-state index in [0.29, 0.717) is 43.2 Å². The smallest absolute Gasteiger partial charge is 0.474 e. The molecule has 1 saturated heterocycles. The van der Waals surface area contributed by atoms with Crippen LogP contribution in [0.1, 0.15) is 37.8 Å². The van der Waals surface area contributed by atoms with Crippen LogP contribution in [0.25, 0.3) is 0 Å². The molecule has 1 N–H and O–H groups in total. The Bertz CT molecular complexity index is 920. The molecule has 1 aromatic carbocycles. The van der Waals surface area contributed by atoms with Crippen molar-refractivity contribution in [1.82, 2.24) is 15.0 Å². The molecule has 0 radical (unpaired) electrons. The second-order valence-corrected chi connectivity index (χ2v) is 7.26. The Morgan fingerprint density at radius 3 is 2.70 bits per heavy atom. The number of hydrogen-bond donors (Lipinski definition) is 1. The number of hydroxylamine groups is 2. The van der Waals surface area contributed by atoms with Gasteiger partial charge in [0.2, 0.25) is 5.88 Å². The summed E-state index contributed by atoms with van der Waals surface area (Å²) in [6, 6.07) is 9.27. The van der Waals surface area contributed by atoms with Gasteiger partial charge < -0.3 is 19.6 Å². The van der Waals surface area contributed by atoms with Crippen molar-refractivity contribution in [1.29, 1.82) is 5.26 Å². The van der Waals surface area contributed by atoms with Crippen LogP contribution in [0.5, 0.6) is 5.88 Å². The number of aryl methyl sites for hydroxylation is 1. The molecule has 0 saturated carbocycles. The molecule has 0 amide bonds. The Morgan fingerprint density at radius 1 is 1.27 bits per heavy atom. The van der Waals surface area contributed by atoms with Gasteiger partial charge in [-0.05, 0) is 44.5 Å². The van der Waals surface area contributed by atoms with E-state index in [-0.39, 0.29) is 12.2 Å².